The highest BCUT2D eigenvalue weighted by atomic mass is 16.5. The van der Waals surface area contributed by atoms with Gasteiger partial charge in [0, 0.05) is 32.9 Å². The number of ether oxygens (including phenoxy) is 1. The maximum Gasteiger partial charge on any atom is 0.224 e. The van der Waals surface area contributed by atoms with E-state index < -0.39 is 0 Å². The number of hydrogen-bond donors (Lipinski definition) is 2. The summed E-state index contributed by atoms with van der Waals surface area (Å²) in [4.78, 5) is 10.9. The summed E-state index contributed by atoms with van der Waals surface area (Å²) in [5.41, 5.74) is 1.30. The Labute approximate surface area is 162 Å². The zero-order valence-electron chi connectivity index (χ0n) is 16.6. The first-order valence-corrected chi connectivity index (χ1v) is 9.74. The third-order valence-electron chi connectivity index (χ3n) is 5.20. The molecule has 0 aliphatic heterocycles. The SMILES string of the molecule is COc1ccc(CNC[C@H]2CC[C@@H](Nc3nccc(N(C)C)n3)CC2)cc1. The first-order chi connectivity index (χ1) is 13.1. The molecular formula is C21H31N5O. The van der Waals surface area contributed by atoms with Crippen molar-refractivity contribution in [2.45, 2.75) is 38.3 Å². The van der Waals surface area contributed by atoms with Crippen LogP contribution in [0.5, 0.6) is 5.75 Å². The summed E-state index contributed by atoms with van der Waals surface area (Å²) in [6.07, 6.45) is 6.63. The second kappa shape index (κ2) is 9.55. The zero-order chi connectivity index (χ0) is 19.1. The summed E-state index contributed by atoms with van der Waals surface area (Å²) in [5.74, 6) is 3.33. The van der Waals surface area contributed by atoms with E-state index in [2.05, 4.69) is 32.7 Å². The monoisotopic (exact) mass is 369 g/mol. The highest BCUT2D eigenvalue weighted by molar-refractivity contribution is 5.41. The molecule has 6 heteroatoms. The lowest BCUT2D eigenvalue weighted by molar-refractivity contribution is 0.323. The van der Waals surface area contributed by atoms with Gasteiger partial charge in [0.15, 0.2) is 0 Å². The largest absolute Gasteiger partial charge is 0.497 e. The standard InChI is InChI=1S/C21H31N5O/c1-26(2)20-12-13-23-21(25-20)24-18-8-4-16(5-9-18)14-22-15-17-6-10-19(27-3)11-7-17/h6-7,10-13,16,18,22H,4-5,8-9,14-15H2,1-3H3,(H,23,24,25)/t16-,18+. The van der Waals surface area contributed by atoms with Crippen molar-refractivity contribution in [3.05, 3.63) is 42.1 Å². The molecule has 1 aliphatic rings. The van der Waals surface area contributed by atoms with Gasteiger partial charge in [-0.05, 0) is 61.9 Å². The van der Waals surface area contributed by atoms with Crippen LogP contribution in [0, 0.1) is 5.92 Å². The Morgan fingerprint density at radius 1 is 1.07 bits per heavy atom. The van der Waals surface area contributed by atoms with Crippen LogP contribution in [0.1, 0.15) is 31.2 Å². The Bertz CT molecular complexity index is 696. The van der Waals surface area contributed by atoms with Crippen LogP contribution in [-0.2, 0) is 6.54 Å². The van der Waals surface area contributed by atoms with Crippen LogP contribution in [0.4, 0.5) is 11.8 Å². The van der Waals surface area contributed by atoms with Crippen molar-refractivity contribution in [2.24, 2.45) is 5.92 Å². The lowest BCUT2D eigenvalue weighted by atomic mass is 9.86. The molecule has 0 atom stereocenters. The van der Waals surface area contributed by atoms with Crippen LogP contribution in [0.15, 0.2) is 36.5 Å². The van der Waals surface area contributed by atoms with Crippen molar-refractivity contribution in [2.75, 3.05) is 38.0 Å². The van der Waals surface area contributed by atoms with E-state index in [9.17, 15) is 0 Å². The first-order valence-electron chi connectivity index (χ1n) is 9.74. The van der Waals surface area contributed by atoms with E-state index in [0.717, 1.165) is 36.5 Å². The fourth-order valence-electron chi connectivity index (χ4n) is 3.53. The van der Waals surface area contributed by atoms with Gasteiger partial charge in [-0.25, -0.2) is 4.98 Å². The molecule has 1 saturated carbocycles. The lowest BCUT2D eigenvalue weighted by Gasteiger charge is -2.29. The summed E-state index contributed by atoms with van der Waals surface area (Å²) in [5, 5.41) is 7.11. The fraction of sp³-hybridized carbons (Fsp3) is 0.524. The summed E-state index contributed by atoms with van der Waals surface area (Å²) in [6, 6.07) is 10.7. The predicted octanol–water partition coefficient (Wildman–Crippen LogP) is 3.31. The lowest BCUT2D eigenvalue weighted by Crippen LogP contribution is -2.31. The van der Waals surface area contributed by atoms with E-state index in [-0.39, 0.29) is 0 Å². The molecule has 0 spiro atoms. The minimum atomic E-state index is 0.472. The highest BCUT2D eigenvalue weighted by Crippen LogP contribution is 2.26. The molecule has 0 radical (unpaired) electrons. The minimum Gasteiger partial charge on any atom is -0.497 e. The zero-order valence-corrected chi connectivity index (χ0v) is 16.6. The van der Waals surface area contributed by atoms with E-state index in [4.69, 9.17) is 4.74 Å². The summed E-state index contributed by atoms with van der Waals surface area (Å²) in [6.45, 7) is 1.98. The molecular weight excluding hydrogens is 338 g/mol. The number of nitrogens with one attached hydrogen (secondary N) is 2. The summed E-state index contributed by atoms with van der Waals surface area (Å²) >= 11 is 0. The van der Waals surface area contributed by atoms with Crippen molar-refractivity contribution in [1.29, 1.82) is 0 Å². The number of nitrogens with zero attached hydrogens (tertiary/aromatic N) is 3. The number of rotatable bonds is 8. The van der Waals surface area contributed by atoms with Crippen LogP contribution < -0.4 is 20.3 Å². The van der Waals surface area contributed by atoms with Gasteiger partial charge in [-0.3, -0.25) is 0 Å². The average molecular weight is 370 g/mol. The molecule has 1 fully saturated rings. The van der Waals surface area contributed by atoms with E-state index in [1.54, 1.807) is 7.11 Å². The quantitative estimate of drug-likeness (QED) is 0.744. The second-order valence-electron chi connectivity index (χ2n) is 7.47. The van der Waals surface area contributed by atoms with Crippen LogP contribution in [-0.4, -0.2) is 43.8 Å². The molecule has 1 heterocycles. The molecule has 0 unspecified atom stereocenters. The van der Waals surface area contributed by atoms with Gasteiger partial charge < -0.3 is 20.3 Å². The summed E-state index contributed by atoms with van der Waals surface area (Å²) < 4.78 is 5.20. The first kappa shape index (κ1) is 19.4. The van der Waals surface area contributed by atoms with Gasteiger partial charge >= 0.3 is 0 Å². The molecule has 146 valence electrons. The molecule has 0 saturated heterocycles. The second-order valence-corrected chi connectivity index (χ2v) is 7.47. The van der Waals surface area contributed by atoms with E-state index >= 15 is 0 Å². The molecule has 6 nitrogen and oxygen atoms in total. The van der Waals surface area contributed by atoms with Gasteiger partial charge in [0.2, 0.25) is 5.95 Å². The van der Waals surface area contributed by atoms with Gasteiger partial charge in [-0.1, -0.05) is 12.1 Å². The smallest absolute Gasteiger partial charge is 0.224 e. The Balaban J connectivity index is 1.38. The van der Waals surface area contributed by atoms with Gasteiger partial charge in [0.1, 0.15) is 11.6 Å². The molecule has 1 aliphatic carbocycles. The van der Waals surface area contributed by atoms with Crippen molar-refractivity contribution in [3.63, 3.8) is 0 Å². The molecule has 27 heavy (non-hydrogen) atoms. The number of hydrogen-bond acceptors (Lipinski definition) is 6. The number of benzene rings is 1. The average Bonchev–Trinajstić information content (AvgIpc) is 2.70. The fourth-order valence-corrected chi connectivity index (χ4v) is 3.53. The van der Waals surface area contributed by atoms with Crippen LogP contribution in [0.2, 0.25) is 0 Å². The third-order valence-corrected chi connectivity index (χ3v) is 5.20. The third kappa shape index (κ3) is 5.82. The van der Waals surface area contributed by atoms with Crippen LogP contribution >= 0.6 is 0 Å². The molecule has 0 bridgehead atoms. The van der Waals surface area contributed by atoms with Crippen LogP contribution in [0.3, 0.4) is 0 Å². The number of methoxy groups -OCH3 is 1. The van der Waals surface area contributed by atoms with Crippen molar-refractivity contribution in [3.8, 4) is 5.75 Å². The van der Waals surface area contributed by atoms with Crippen molar-refractivity contribution in [1.82, 2.24) is 15.3 Å². The van der Waals surface area contributed by atoms with Crippen molar-refractivity contribution < 1.29 is 4.74 Å². The normalized spacial score (nSPS) is 19.5. The van der Waals surface area contributed by atoms with Gasteiger partial charge in [-0.2, -0.15) is 4.98 Å². The number of anilines is 2. The molecule has 1 aromatic carbocycles. The molecule has 3 rings (SSSR count). The highest BCUT2D eigenvalue weighted by Gasteiger charge is 2.21. The van der Waals surface area contributed by atoms with E-state index in [1.807, 2.05) is 43.4 Å². The van der Waals surface area contributed by atoms with Gasteiger partial charge in [0.05, 0.1) is 7.11 Å². The van der Waals surface area contributed by atoms with E-state index in [0.29, 0.717) is 6.04 Å². The molecule has 1 aromatic heterocycles. The molecule has 0 amide bonds. The Morgan fingerprint density at radius 3 is 2.48 bits per heavy atom. The van der Waals surface area contributed by atoms with Crippen LogP contribution in [0.25, 0.3) is 0 Å². The topological polar surface area (TPSA) is 62.3 Å². The Hall–Kier alpha value is -2.34. The Morgan fingerprint density at radius 2 is 1.81 bits per heavy atom. The maximum absolute atomic E-state index is 5.20. The van der Waals surface area contributed by atoms with Crippen molar-refractivity contribution >= 4 is 11.8 Å². The molecule has 2 N–H and O–H groups in total. The van der Waals surface area contributed by atoms with E-state index in [1.165, 1.54) is 31.2 Å². The minimum absolute atomic E-state index is 0.472. The van der Waals surface area contributed by atoms with Gasteiger partial charge in [-0.15, -0.1) is 0 Å². The Kier molecular flexibility index (Phi) is 6.87. The van der Waals surface area contributed by atoms with Gasteiger partial charge in [0.25, 0.3) is 0 Å². The molecule has 2 aromatic rings. The maximum atomic E-state index is 5.20. The number of aromatic nitrogens is 2. The predicted molar refractivity (Wildman–Crippen MR) is 110 cm³/mol. The summed E-state index contributed by atoms with van der Waals surface area (Å²) in [7, 11) is 5.69.